The van der Waals surface area contributed by atoms with Crippen LogP contribution in [0.3, 0.4) is 0 Å². The van der Waals surface area contributed by atoms with Crippen molar-refractivity contribution in [2.24, 2.45) is 10.9 Å². The minimum absolute atomic E-state index is 0. The first-order valence-electron chi connectivity index (χ1n) is 10.6. The van der Waals surface area contributed by atoms with Gasteiger partial charge in [0.2, 0.25) is 5.91 Å². The molecule has 1 heterocycles. The second kappa shape index (κ2) is 12.3. The molecule has 1 aliphatic carbocycles. The van der Waals surface area contributed by atoms with Crippen LogP contribution in [0.4, 0.5) is 14.5 Å². The number of benzene rings is 1. The summed E-state index contributed by atoms with van der Waals surface area (Å²) in [5.74, 6) is 0.00258. The fourth-order valence-corrected chi connectivity index (χ4v) is 3.68. The predicted octanol–water partition coefficient (Wildman–Crippen LogP) is 3.02. The number of carbonyl (C=O) groups is 1. The Labute approximate surface area is 194 Å². The molecule has 1 saturated carbocycles. The van der Waals surface area contributed by atoms with Gasteiger partial charge < -0.3 is 20.9 Å². The van der Waals surface area contributed by atoms with Crippen molar-refractivity contribution in [1.82, 2.24) is 16.0 Å². The summed E-state index contributed by atoms with van der Waals surface area (Å²) < 4.78 is 28.0. The van der Waals surface area contributed by atoms with Crippen LogP contribution in [0.5, 0.6) is 0 Å². The van der Waals surface area contributed by atoms with Crippen LogP contribution in [0.25, 0.3) is 0 Å². The Morgan fingerprint density at radius 2 is 1.93 bits per heavy atom. The van der Waals surface area contributed by atoms with Crippen LogP contribution in [-0.2, 0) is 4.79 Å². The highest BCUT2D eigenvalue weighted by molar-refractivity contribution is 14.0. The lowest BCUT2D eigenvalue weighted by Crippen LogP contribution is -2.44. The van der Waals surface area contributed by atoms with E-state index < -0.39 is 11.6 Å². The summed E-state index contributed by atoms with van der Waals surface area (Å²) in [6, 6.07) is 4.01. The zero-order valence-corrected chi connectivity index (χ0v) is 19.8. The molecule has 168 valence electrons. The fourth-order valence-electron chi connectivity index (χ4n) is 3.68. The topological polar surface area (TPSA) is 68.8 Å². The van der Waals surface area contributed by atoms with Crippen LogP contribution in [0.15, 0.2) is 23.2 Å². The molecule has 2 aliphatic rings. The van der Waals surface area contributed by atoms with Gasteiger partial charge in [0.1, 0.15) is 17.3 Å². The van der Waals surface area contributed by atoms with Crippen LogP contribution in [0, 0.1) is 17.6 Å². The molecule has 1 atom stereocenters. The molecule has 3 rings (SSSR count). The van der Waals surface area contributed by atoms with E-state index in [1.807, 2.05) is 6.92 Å². The van der Waals surface area contributed by atoms with Gasteiger partial charge in [-0.1, -0.05) is 12.5 Å². The highest BCUT2D eigenvalue weighted by Gasteiger charge is 2.27. The lowest BCUT2D eigenvalue weighted by atomic mass is 9.85. The van der Waals surface area contributed by atoms with Gasteiger partial charge in [0, 0.05) is 44.7 Å². The Morgan fingerprint density at radius 3 is 2.57 bits per heavy atom. The zero-order valence-electron chi connectivity index (χ0n) is 17.4. The Kier molecular flexibility index (Phi) is 10.1. The Bertz CT molecular complexity index is 709. The minimum Gasteiger partial charge on any atom is -0.365 e. The number of nitrogens with zero attached hydrogens (tertiary/aromatic N) is 2. The van der Waals surface area contributed by atoms with Crippen molar-refractivity contribution in [3.8, 4) is 0 Å². The molecule has 1 amide bonds. The van der Waals surface area contributed by atoms with E-state index in [1.165, 1.54) is 18.2 Å². The number of halogens is 3. The summed E-state index contributed by atoms with van der Waals surface area (Å²) in [6.45, 7) is 5.04. The molecule has 1 aliphatic heterocycles. The number of hydrogen-bond donors (Lipinski definition) is 3. The first-order valence-corrected chi connectivity index (χ1v) is 10.6. The van der Waals surface area contributed by atoms with Crippen LogP contribution in [-0.4, -0.2) is 50.6 Å². The summed E-state index contributed by atoms with van der Waals surface area (Å²) in [6.07, 6.45) is 4.71. The van der Waals surface area contributed by atoms with Gasteiger partial charge >= 0.3 is 0 Å². The monoisotopic (exact) mass is 535 g/mol. The SMILES string of the molecule is CCNC(=NCCCNC(=O)C1CCC1)NC1CCN(c2c(F)cccc2F)C1.I. The molecule has 1 saturated heterocycles. The molecule has 9 heteroatoms. The molecule has 1 unspecified atom stereocenters. The molecular formula is C21H32F2IN5O. The van der Waals surface area contributed by atoms with Gasteiger partial charge in [-0.05, 0) is 44.7 Å². The van der Waals surface area contributed by atoms with Crippen molar-refractivity contribution in [3.05, 3.63) is 29.8 Å². The number of para-hydroxylation sites is 1. The van der Waals surface area contributed by atoms with Gasteiger partial charge in [0.15, 0.2) is 5.96 Å². The Morgan fingerprint density at radius 1 is 1.20 bits per heavy atom. The van der Waals surface area contributed by atoms with Crippen LogP contribution < -0.4 is 20.9 Å². The molecule has 30 heavy (non-hydrogen) atoms. The number of guanidine groups is 1. The van der Waals surface area contributed by atoms with E-state index in [-0.39, 0.29) is 47.5 Å². The summed E-state index contributed by atoms with van der Waals surface area (Å²) in [5.41, 5.74) is 0.0425. The summed E-state index contributed by atoms with van der Waals surface area (Å²) in [7, 11) is 0. The maximum Gasteiger partial charge on any atom is 0.223 e. The molecule has 1 aromatic rings. The van der Waals surface area contributed by atoms with Crippen molar-refractivity contribution < 1.29 is 13.6 Å². The van der Waals surface area contributed by atoms with E-state index in [2.05, 4.69) is 20.9 Å². The molecule has 6 nitrogen and oxygen atoms in total. The van der Waals surface area contributed by atoms with E-state index in [1.54, 1.807) is 4.90 Å². The Hall–Kier alpha value is -1.65. The predicted molar refractivity (Wildman–Crippen MR) is 126 cm³/mol. The van der Waals surface area contributed by atoms with E-state index in [9.17, 15) is 13.6 Å². The maximum absolute atomic E-state index is 14.0. The van der Waals surface area contributed by atoms with Gasteiger partial charge in [-0.15, -0.1) is 24.0 Å². The van der Waals surface area contributed by atoms with Gasteiger partial charge in [0.05, 0.1) is 0 Å². The maximum atomic E-state index is 14.0. The average molecular weight is 535 g/mol. The second-order valence-electron chi connectivity index (χ2n) is 7.68. The molecule has 1 aromatic carbocycles. The average Bonchev–Trinajstić information content (AvgIpc) is 3.08. The lowest BCUT2D eigenvalue weighted by molar-refractivity contribution is -0.127. The number of amides is 1. The van der Waals surface area contributed by atoms with E-state index in [4.69, 9.17) is 0 Å². The van der Waals surface area contributed by atoms with Gasteiger partial charge in [-0.25, -0.2) is 8.78 Å². The van der Waals surface area contributed by atoms with Crippen LogP contribution in [0.2, 0.25) is 0 Å². The third-order valence-electron chi connectivity index (χ3n) is 5.51. The number of nitrogens with one attached hydrogen (secondary N) is 3. The smallest absolute Gasteiger partial charge is 0.223 e. The number of hydrogen-bond acceptors (Lipinski definition) is 3. The molecule has 0 spiro atoms. The Balaban J connectivity index is 0.00000320. The molecule has 0 radical (unpaired) electrons. The second-order valence-corrected chi connectivity index (χ2v) is 7.68. The van der Waals surface area contributed by atoms with E-state index >= 15 is 0 Å². The molecule has 0 bridgehead atoms. The van der Waals surface area contributed by atoms with Gasteiger partial charge in [-0.3, -0.25) is 9.79 Å². The van der Waals surface area contributed by atoms with Crippen molar-refractivity contribution in [1.29, 1.82) is 0 Å². The third-order valence-corrected chi connectivity index (χ3v) is 5.51. The van der Waals surface area contributed by atoms with Gasteiger partial charge in [0.25, 0.3) is 0 Å². The molecule has 2 fully saturated rings. The quantitative estimate of drug-likeness (QED) is 0.207. The highest BCUT2D eigenvalue weighted by Crippen LogP contribution is 2.27. The summed E-state index contributed by atoms with van der Waals surface area (Å²) >= 11 is 0. The number of anilines is 1. The highest BCUT2D eigenvalue weighted by atomic mass is 127. The van der Waals surface area contributed by atoms with Crippen molar-refractivity contribution in [2.45, 2.75) is 45.1 Å². The largest absolute Gasteiger partial charge is 0.365 e. The van der Waals surface area contributed by atoms with Crippen LogP contribution >= 0.6 is 24.0 Å². The van der Waals surface area contributed by atoms with Crippen molar-refractivity contribution >= 4 is 41.5 Å². The van der Waals surface area contributed by atoms with E-state index in [0.29, 0.717) is 32.1 Å². The standard InChI is InChI=1S/C21H31F2N5O.HI/c1-2-24-21(26-12-5-11-25-20(29)15-6-3-7-15)27-16-10-13-28(14-16)19-17(22)8-4-9-18(19)23;/h4,8-9,15-16H,2-3,5-7,10-14H2,1H3,(H,25,29)(H2,24,26,27);1H. The first kappa shape index (κ1) is 24.6. The fraction of sp³-hybridized carbons (Fsp3) is 0.619. The number of rotatable bonds is 8. The summed E-state index contributed by atoms with van der Waals surface area (Å²) in [4.78, 5) is 18.1. The van der Waals surface area contributed by atoms with Crippen molar-refractivity contribution in [2.75, 3.05) is 37.6 Å². The molecule has 0 aromatic heterocycles. The van der Waals surface area contributed by atoms with Crippen molar-refractivity contribution in [3.63, 3.8) is 0 Å². The molecule has 3 N–H and O–H groups in total. The van der Waals surface area contributed by atoms with Crippen LogP contribution in [0.1, 0.15) is 39.0 Å². The lowest BCUT2D eigenvalue weighted by Gasteiger charge is -2.23. The summed E-state index contributed by atoms with van der Waals surface area (Å²) in [5, 5.41) is 9.54. The van der Waals surface area contributed by atoms with E-state index in [0.717, 1.165) is 38.6 Å². The number of carbonyl (C=O) groups excluding carboxylic acids is 1. The third kappa shape index (κ3) is 6.68. The number of aliphatic imine (C=N–C) groups is 1. The molecular weight excluding hydrogens is 503 g/mol. The first-order chi connectivity index (χ1) is 14.1. The zero-order chi connectivity index (χ0) is 20.6. The van der Waals surface area contributed by atoms with Gasteiger partial charge in [-0.2, -0.15) is 0 Å². The normalized spacial score (nSPS) is 19.1. The minimum atomic E-state index is -0.532.